The van der Waals surface area contributed by atoms with Crippen LogP contribution in [0.5, 0.6) is 5.75 Å². The molecule has 0 saturated carbocycles. The largest absolute Gasteiger partial charge is 0.497 e. The van der Waals surface area contributed by atoms with Crippen LogP contribution < -0.4 is 10.5 Å². The lowest BCUT2D eigenvalue weighted by Crippen LogP contribution is -2.15. The van der Waals surface area contributed by atoms with E-state index in [1.807, 2.05) is 12.1 Å². The number of hydrogen-bond acceptors (Lipinski definition) is 5. The van der Waals surface area contributed by atoms with Gasteiger partial charge in [0.05, 0.1) is 13.7 Å². The summed E-state index contributed by atoms with van der Waals surface area (Å²) in [5.41, 5.74) is 5.84. The topological polar surface area (TPSA) is 95.9 Å². The summed E-state index contributed by atoms with van der Waals surface area (Å²) in [5, 5.41) is 12.0. The first-order chi connectivity index (χ1) is 9.10. The van der Waals surface area contributed by atoms with Crippen LogP contribution in [0.4, 0.5) is 0 Å². The number of amides is 1. The van der Waals surface area contributed by atoms with Gasteiger partial charge >= 0.3 is 0 Å². The van der Waals surface area contributed by atoms with Gasteiger partial charge in [-0.05, 0) is 23.4 Å². The molecule has 100 valence electrons. The van der Waals surface area contributed by atoms with E-state index in [9.17, 15) is 4.79 Å². The van der Waals surface area contributed by atoms with Crippen molar-refractivity contribution in [2.45, 2.75) is 13.0 Å². The normalized spacial score (nSPS) is 10.4. The zero-order chi connectivity index (χ0) is 13.8. The van der Waals surface area contributed by atoms with Gasteiger partial charge < -0.3 is 10.5 Å². The number of benzene rings is 1. The fourth-order valence-electron chi connectivity index (χ4n) is 1.46. The second-order valence-corrected chi connectivity index (χ2v) is 4.63. The molecule has 0 atom stereocenters. The molecular weight excluding hydrogens is 314 g/mol. The van der Waals surface area contributed by atoms with Gasteiger partial charge in [-0.2, -0.15) is 4.80 Å². The number of hydrogen-bond donors (Lipinski definition) is 1. The molecule has 8 heteroatoms. The zero-order valence-corrected chi connectivity index (χ0v) is 11.8. The van der Waals surface area contributed by atoms with E-state index < -0.39 is 5.91 Å². The maximum Gasteiger partial charge on any atom is 0.219 e. The number of carbonyl (C=O) groups is 1. The highest BCUT2D eigenvalue weighted by Gasteiger charge is 2.11. The minimum atomic E-state index is -0.401. The molecule has 2 rings (SSSR count). The van der Waals surface area contributed by atoms with Crippen LogP contribution in [0.25, 0.3) is 11.4 Å². The van der Waals surface area contributed by atoms with Gasteiger partial charge in [0.15, 0.2) is 0 Å². The number of tetrazole rings is 1. The highest BCUT2D eigenvalue weighted by molar-refractivity contribution is 9.10. The number of methoxy groups -OCH3 is 1. The average molecular weight is 326 g/mol. The van der Waals surface area contributed by atoms with Crippen LogP contribution in [0, 0.1) is 0 Å². The molecule has 2 N–H and O–H groups in total. The Morgan fingerprint density at radius 2 is 2.32 bits per heavy atom. The van der Waals surface area contributed by atoms with E-state index in [1.165, 1.54) is 4.80 Å². The molecule has 0 saturated heterocycles. The van der Waals surface area contributed by atoms with Gasteiger partial charge in [0, 0.05) is 16.5 Å². The van der Waals surface area contributed by atoms with E-state index in [2.05, 4.69) is 31.3 Å². The molecule has 0 aliphatic carbocycles. The third-order valence-corrected chi connectivity index (χ3v) is 3.12. The van der Waals surface area contributed by atoms with Crippen LogP contribution in [0.3, 0.4) is 0 Å². The van der Waals surface area contributed by atoms with Gasteiger partial charge in [-0.3, -0.25) is 4.79 Å². The molecule has 0 fully saturated rings. The summed E-state index contributed by atoms with van der Waals surface area (Å²) in [4.78, 5) is 12.0. The third-order valence-electron chi connectivity index (χ3n) is 2.43. The maximum atomic E-state index is 10.7. The average Bonchev–Trinajstić information content (AvgIpc) is 2.85. The highest BCUT2D eigenvalue weighted by Crippen LogP contribution is 2.29. The smallest absolute Gasteiger partial charge is 0.219 e. The minimum Gasteiger partial charge on any atom is -0.497 e. The summed E-state index contributed by atoms with van der Waals surface area (Å²) >= 11 is 3.42. The molecule has 7 nitrogen and oxygen atoms in total. The molecule has 19 heavy (non-hydrogen) atoms. The number of carbonyl (C=O) groups excluding carboxylic acids is 1. The Labute approximate surface area is 117 Å². The quantitative estimate of drug-likeness (QED) is 0.884. The van der Waals surface area contributed by atoms with E-state index in [0.29, 0.717) is 18.1 Å². The predicted octanol–water partition coefficient (Wildman–Crippen LogP) is 0.987. The van der Waals surface area contributed by atoms with Crippen molar-refractivity contribution in [3.05, 3.63) is 22.7 Å². The molecular formula is C11H12BrN5O2. The lowest BCUT2D eigenvalue weighted by Gasteiger charge is -2.03. The van der Waals surface area contributed by atoms with Crippen LogP contribution in [0.2, 0.25) is 0 Å². The summed E-state index contributed by atoms with van der Waals surface area (Å²) in [6.45, 7) is 0.309. The molecule has 0 spiro atoms. The second-order valence-electron chi connectivity index (χ2n) is 3.77. The molecule has 1 amide bonds. The number of rotatable bonds is 5. The Kier molecular flexibility index (Phi) is 4.10. The van der Waals surface area contributed by atoms with Gasteiger partial charge in [-0.1, -0.05) is 15.9 Å². The van der Waals surface area contributed by atoms with Crippen LogP contribution in [-0.2, 0) is 11.3 Å². The predicted molar refractivity (Wildman–Crippen MR) is 71.3 cm³/mol. The Bertz CT molecular complexity index is 599. The third kappa shape index (κ3) is 3.28. The number of nitrogens with two attached hydrogens (primary N) is 1. The van der Waals surface area contributed by atoms with Gasteiger partial charge in [0.2, 0.25) is 11.7 Å². The van der Waals surface area contributed by atoms with E-state index in [0.717, 1.165) is 10.0 Å². The van der Waals surface area contributed by atoms with Crippen molar-refractivity contribution < 1.29 is 9.53 Å². The van der Waals surface area contributed by atoms with E-state index in [4.69, 9.17) is 10.5 Å². The Morgan fingerprint density at radius 3 is 3.00 bits per heavy atom. The number of primary amides is 1. The van der Waals surface area contributed by atoms with Crippen molar-refractivity contribution in [3.63, 3.8) is 0 Å². The summed E-state index contributed by atoms with van der Waals surface area (Å²) < 4.78 is 5.99. The number of aryl methyl sites for hydroxylation is 1. The van der Waals surface area contributed by atoms with Gasteiger partial charge in [0.25, 0.3) is 0 Å². The zero-order valence-electron chi connectivity index (χ0n) is 10.2. The Balaban J connectivity index is 2.24. The van der Waals surface area contributed by atoms with Crippen LogP contribution in [0.1, 0.15) is 6.42 Å². The number of ether oxygens (including phenoxy) is 1. The number of nitrogens with zero attached hydrogens (tertiary/aromatic N) is 4. The van der Waals surface area contributed by atoms with Crippen molar-refractivity contribution in [2.24, 2.45) is 5.73 Å². The molecule has 0 bridgehead atoms. The van der Waals surface area contributed by atoms with Crippen molar-refractivity contribution in [3.8, 4) is 17.1 Å². The maximum absolute atomic E-state index is 10.7. The summed E-state index contributed by atoms with van der Waals surface area (Å²) in [6.07, 6.45) is 0.176. The molecule has 1 heterocycles. The number of halogens is 1. The molecule has 0 unspecified atom stereocenters. The molecule has 0 radical (unpaired) electrons. The molecule has 0 aliphatic heterocycles. The minimum absolute atomic E-state index is 0.176. The summed E-state index contributed by atoms with van der Waals surface area (Å²) in [7, 11) is 1.59. The van der Waals surface area contributed by atoms with Gasteiger partial charge in [-0.15, -0.1) is 10.2 Å². The van der Waals surface area contributed by atoms with Crippen LogP contribution in [-0.4, -0.2) is 33.2 Å². The van der Waals surface area contributed by atoms with E-state index in [1.54, 1.807) is 13.2 Å². The molecule has 2 aromatic rings. The van der Waals surface area contributed by atoms with Crippen molar-refractivity contribution in [1.82, 2.24) is 20.2 Å². The second kappa shape index (κ2) is 5.79. The van der Waals surface area contributed by atoms with Crippen LogP contribution in [0.15, 0.2) is 22.7 Å². The van der Waals surface area contributed by atoms with Crippen LogP contribution >= 0.6 is 15.9 Å². The first kappa shape index (κ1) is 13.5. The van der Waals surface area contributed by atoms with E-state index in [-0.39, 0.29) is 6.42 Å². The monoisotopic (exact) mass is 325 g/mol. The van der Waals surface area contributed by atoms with Gasteiger partial charge in [-0.25, -0.2) is 0 Å². The SMILES string of the molecule is COc1ccc(Br)c(-c2nnn(CCC(N)=O)n2)c1. The summed E-state index contributed by atoms with van der Waals surface area (Å²) in [6, 6.07) is 5.48. The highest BCUT2D eigenvalue weighted by atomic mass is 79.9. The number of aromatic nitrogens is 4. The Hall–Kier alpha value is -1.96. The lowest BCUT2D eigenvalue weighted by atomic mass is 10.2. The van der Waals surface area contributed by atoms with Crippen molar-refractivity contribution in [2.75, 3.05) is 7.11 Å². The molecule has 0 aliphatic rings. The fraction of sp³-hybridized carbons (Fsp3) is 0.273. The Morgan fingerprint density at radius 1 is 1.53 bits per heavy atom. The molecule has 1 aromatic carbocycles. The first-order valence-electron chi connectivity index (χ1n) is 5.50. The lowest BCUT2D eigenvalue weighted by molar-refractivity contribution is -0.118. The first-order valence-corrected chi connectivity index (χ1v) is 6.29. The fourth-order valence-corrected chi connectivity index (χ4v) is 1.88. The van der Waals surface area contributed by atoms with E-state index >= 15 is 0 Å². The van der Waals surface area contributed by atoms with Gasteiger partial charge in [0.1, 0.15) is 5.75 Å². The van der Waals surface area contributed by atoms with Crippen molar-refractivity contribution in [1.29, 1.82) is 0 Å². The standard InChI is InChI=1S/C11H12BrN5O2/c1-19-7-2-3-9(12)8(6-7)11-14-16-17(15-11)5-4-10(13)18/h2-3,6H,4-5H2,1H3,(H2,13,18). The molecule has 1 aromatic heterocycles. The van der Waals surface area contributed by atoms with Crippen molar-refractivity contribution >= 4 is 21.8 Å². The summed E-state index contributed by atoms with van der Waals surface area (Å²) in [5.74, 6) is 0.753.